The lowest BCUT2D eigenvalue weighted by Gasteiger charge is -2.39. The molecule has 1 aromatic carbocycles. The van der Waals surface area contributed by atoms with E-state index >= 15 is 0 Å². The van der Waals surface area contributed by atoms with Gasteiger partial charge in [-0.1, -0.05) is 24.6 Å². The molecule has 0 radical (unpaired) electrons. The van der Waals surface area contributed by atoms with Crippen molar-refractivity contribution in [1.29, 1.82) is 0 Å². The number of nitrogens with zero attached hydrogens (tertiary/aromatic N) is 3. The predicted octanol–water partition coefficient (Wildman–Crippen LogP) is 2.39. The van der Waals surface area contributed by atoms with Crippen LogP contribution in [-0.4, -0.2) is 73.0 Å². The molecular weight excluding hydrogens is 317 g/mol. The maximum Gasteiger partial charge on any atom is 0.222 e. The quantitative estimate of drug-likeness (QED) is 0.837. The Hall–Kier alpha value is -1.46. The fourth-order valence-electron chi connectivity index (χ4n) is 3.93. The number of rotatable bonds is 4. The van der Waals surface area contributed by atoms with Gasteiger partial charge in [0.05, 0.1) is 0 Å². The van der Waals surface area contributed by atoms with Gasteiger partial charge in [-0.3, -0.25) is 9.69 Å². The molecule has 0 saturated carbocycles. The van der Waals surface area contributed by atoms with Crippen LogP contribution in [0, 0.1) is 5.82 Å². The van der Waals surface area contributed by atoms with Crippen molar-refractivity contribution in [2.75, 3.05) is 46.3 Å². The molecule has 2 saturated heterocycles. The number of amides is 1. The number of hydrogen-bond donors (Lipinski definition) is 0. The molecule has 4 nitrogen and oxygen atoms in total. The third-order valence-corrected chi connectivity index (χ3v) is 5.62. The second-order valence-corrected chi connectivity index (χ2v) is 7.42. The summed E-state index contributed by atoms with van der Waals surface area (Å²) in [5.74, 6) is -0.0363. The second-order valence-electron chi connectivity index (χ2n) is 7.42. The minimum Gasteiger partial charge on any atom is -0.341 e. The molecule has 2 aliphatic rings. The van der Waals surface area contributed by atoms with Crippen molar-refractivity contribution in [3.8, 4) is 0 Å². The number of halogens is 1. The first kappa shape index (κ1) is 18.3. The van der Waals surface area contributed by atoms with E-state index in [9.17, 15) is 9.18 Å². The Kier molecular flexibility index (Phi) is 6.43. The van der Waals surface area contributed by atoms with Crippen LogP contribution in [0.15, 0.2) is 24.3 Å². The van der Waals surface area contributed by atoms with E-state index in [1.807, 2.05) is 11.0 Å². The average Bonchev–Trinajstić information content (AvgIpc) is 2.88. The molecule has 1 amide bonds. The Labute approximate surface area is 150 Å². The number of carbonyl (C=O) groups is 1. The first-order chi connectivity index (χ1) is 12.1. The zero-order chi connectivity index (χ0) is 17.6. The van der Waals surface area contributed by atoms with Crippen LogP contribution in [0.2, 0.25) is 0 Å². The predicted molar refractivity (Wildman–Crippen MR) is 98.0 cm³/mol. The van der Waals surface area contributed by atoms with Crippen LogP contribution < -0.4 is 0 Å². The first-order valence-electron chi connectivity index (χ1n) is 9.57. The zero-order valence-electron chi connectivity index (χ0n) is 15.3. The molecule has 3 rings (SSSR count). The number of likely N-dealkylation sites (N-methyl/N-ethyl adjacent to an activating group) is 1. The molecule has 0 unspecified atom stereocenters. The van der Waals surface area contributed by atoms with E-state index in [1.165, 1.54) is 18.9 Å². The van der Waals surface area contributed by atoms with E-state index in [-0.39, 0.29) is 11.7 Å². The summed E-state index contributed by atoms with van der Waals surface area (Å²) < 4.78 is 13.7. The lowest BCUT2D eigenvalue weighted by molar-refractivity contribution is -0.131. The Morgan fingerprint density at radius 2 is 1.88 bits per heavy atom. The molecule has 2 aliphatic heterocycles. The van der Waals surface area contributed by atoms with Crippen molar-refractivity contribution in [3.05, 3.63) is 35.6 Å². The van der Waals surface area contributed by atoms with E-state index in [0.29, 0.717) is 24.4 Å². The van der Waals surface area contributed by atoms with E-state index in [4.69, 9.17) is 0 Å². The summed E-state index contributed by atoms with van der Waals surface area (Å²) in [5, 5.41) is 0. The molecule has 1 aromatic rings. The number of likely N-dealkylation sites (tertiary alicyclic amines) is 1. The summed E-state index contributed by atoms with van der Waals surface area (Å²) >= 11 is 0. The molecule has 0 bridgehead atoms. The summed E-state index contributed by atoms with van der Waals surface area (Å²) in [5.41, 5.74) is 0.640. The van der Waals surface area contributed by atoms with Crippen molar-refractivity contribution in [2.45, 2.75) is 38.1 Å². The van der Waals surface area contributed by atoms with Crippen molar-refractivity contribution in [2.24, 2.45) is 0 Å². The fourth-order valence-corrected chi connectivity index (χ4v) is 3.93. The summed E-state index contributed by atoms with van der Waals surface area (Å²) in [4.78, 5) is 19.6. The maximum absolute atomic E-state index is 13.7. The number of aryl methyl sites for hydroxylation is 1. The third-order valence-electron chi connectivity index (χ3n) is 5.62. The van der Waals surface area contributed by atoms with Crippen LogP contribution >= 0.6 is 0 Å². The molecule has 5 heteroatoms. The van der Waals surface area contributed by atoms with Crippen molar-refractivity contribution in [1.82, 2.24) is 14.7 Å². The topological polar surface area (TPSA) is 26.8 Å². The lowest BCUT2D eigenvalue weighted by Crippen LogP contribution is -2.52. The summed E-state index contributed by atoms with van der Waals surface area (Å²) in [6, 6.07) is 7.25. The average molecular weight is 347 g/mol. The van der Waals surface area contributed by atoms with Gasteiger partial charge in [-0.05, 0) is 37.9 Å². The van der Waals surface area contributed by atoms with Crippen LogP contribution in [0.3, 0.4) is 0 Å². The monoisotopic (exact) mass is 347 g/mol. The van der Waals surface area contributed by atoms with E-state index in [1.54, 1.807) is 12.1 Å². The van der Waals surface area contributed by atoms with Gasteiger partial charge in [0, 0.05) is 51.7 Å². The van der Waals surface area contributed by atoms with Gasteiger partial charge >= 0.3 is 0 Å². The van der Waals surface area contributed by atoms with Gasteiger partial charge in [-0.25, -0.2) is 4.39 Å². The normalized spacial score (nSPS) is 23.4. The number of carbonyl (C=O) groups excluding carboxylic acids is 1. The lowest BCUT2D eigenvalue weighted by atomic mass is 10.1. The minimum atomic E-state index is -0.207. The fraction of sp³-hybridized carbons (Fsp3) is 0.650. The van der Waals surface area contributed by atoms with Gasteiger partial charge < -0.3 is 9.80 Å². The van der Waals surface area contributed by atoms with Crippen molar-refractivity contribution in [3.63, 3.8) is 0 Å². The maximum atomic E-state index is 13.7. The third kappa shape index (κ3) is 5.02. The van der Waals surface area contributed by atoms with Crippen LogP contribution in [0.5, 0.6) is 0 Å². The molecule has 25 heavy (non-hydrogen) atoms. The number of piperazine rings is 1. The minimum absolute atomic E-state index is 0.171. The Morgan fingerprint density at radius 3 is 2.64 bits per heavy atom. The van der Waals surface area contributed by atoms with E-state index in [0.717, 1.165) is 45.7 Å². The summed E-state index contributed by atoms with van der Waals surface area (Å²) in [6.45, 7) is 6.09. The van der Waals surface area contributed by atoms with E-state index in [2.05, 4.69) is 16.8 Å². The smallest absolute Gasteiger partial charge is 0.222 e. The molecule has 0 spiro atoms. The number of hydrogen-bond acceptors (Lipinski definition) is 3. The van der Waals surface area contributed by atoms with Gasteiger partial charge in [-0.2, -0.15) is 0 Å². The van der Waals surface area contributed by atoms with E-state index < -0.39 is 0 Å². The number of benzene rings is 1. The molecule has 0 aromatic heterocycles. The molecule has 1 atom stereocenters. The molecule has 2 fully saturated rings. The summed E-state index contributed by atoms with van der Waals surface area (Å²) in [6.07, 6.45) is 4.34. The van der Waals surface area contributed by atoms with Crippen LogP contribution in [0.4, 0.5) is 4.39 Å². The Morgan fingerprint density at radius 1 is 1.12 bits per heavy atom. The first-order valence-corrected chi connectivity index (χ1v) is 9.57. The van der Waals surface area contributed by atoms with Gasteiger partial charge in [0.1, 0.15) is 5.82 Å². The van der Waals surface area contributed by atoms with Gasteiger partial charge in [-0.15, -0.1) is 0 Å². The highest BCUT2D eigenvalue weighted by Gasteiger charge is 2.27. The SMILES string of the molecule is CN1CCN([C@H]2CCCCN(C(=O)CCc3ccccc3F)C2)CC1. The van der Waals surface area contributed by atoms with Gasteiger partial charge in [0.2, 0.25) is 5.91 Å². The molecular formula is C20H30FN3O. The zero-order valence-corrected chi connectivity index (χ0v) is 15.3. The molecule has 138 valence electrons. The molecule has 0 aliphatic carbocycles. The highest BCUT2D eigenvalue weighted by molar-refractivity contribution is 5.76. The van der Waals surface area contributed by atoms with Crippen LogP contribution in [-0.2, 0) is 11.2 Å². The standard InChI is InChI=1S/C20H30FN3O/c1-22-12-14-23(15-13-22)18-7-4-5-11-24(16-18)20(25)10-9-17-6-2-3-8-19(17)21/h2-3,6,8,18H,4-5,7,9-16H2,1H3/t18-/m0/s1. The van der Waals surface area contributed by atoms with Gasteiger partial charge in [0.15, 0.2) is 0 Å². The highest BCUT2D eigenvalue weighted by atomic mass is 19.1. The molecule has 2 heterocycles. The van der Waals surface area contributed by atoms with Crippen LogP contribution in [0.25, 0.3) is 0 Å². The Balaban J connectivity index is 1.55. The highest BCUT2D eigenvalue weighted by Crippen LogP contribution is 2.19. The van der Waals surface area contributed by atoms with Crippen molar-refractivity contribution >= 4 is 5.91 Å². The molecule has 0 N–H and O–H groups in total. The second kappa shape index (κ2) is 8.77. The largest absolute Gasteiger partial charge is 0.341 e. The van der Waals surface area contributed by atoms with Crippen LogP contribution in [0.1, 0.15) is 31.2 Å². The Bertz CT molecular complexity index is 572. The van der Waals surface area contributed by atoms with Crippen molar-refractivity contribution < 1.29 is 9.18 Å². The van der Waals surface area contributed by atoms with Gasteiger partial charge in [0.25, 0.3) is 0 Å². The summed E-state index contributed by atoms with van der Waals surface area (Å²) in [7, 11) is 2.17.